The summed E-state index contributed by atoms with van der Waals surface area (Å²) in [6.07, 6.45) is 6.21. The van der Waals surface area contributed by atoms with Crippen molar-refractivity contribution >= 4 is 22.8 Å². The summed E-state index contributed by atoms with van der Waals surface area (Å²) in [7, 11) is 0. The Morgan fingerprint density at radius 1 is 1.21 bits per heavy atom. The second-order valence-corrected chi connectivity index (χ2v) is 6.53. The molecule has 3 rings (SSSR count). The summed E-state index contributed by atoms with van der Waals surface area (Å²) in [6.45, 7) is 8.49. The average Bonchev–Trinajstić information content (AvgIpc) is 2.57. The summed E-state index contributed by atoms with van der Waals surface area (Å²) >= 11 is 0. The van der Waals surface area contributed by atoms with Gasteiger partial charge in [-0.1, -0.05) is 0 Å². The molecule has 1 heterocycles. The maximum Gasteiger partial charge on any atom is 0.0870 e. The van der Waals surface area contributed by atoms with Crippen LogP contribution in [0.15, 0.2) is 57.7 Å². The van der Waals surface area contributed by atoms with E-state index in [2.05, 4.69) is 61.0 Å². The number of benzene rings is 1. The van der Waals surface area contributed by atoms with Crippen LogP contribution in [0.25, 0.3) is 0 Å². The van der Waals surface area contributed by atoms with E-state index in [0.717, 1.165) is 43.0 Å². The molecule has 0 atom stereocenters. The number of anilines is 1. The Morgan fingerprint density at radius 2 is 1.96 bits per heavy atom. The van der Waals surface area contributed by atoms with Gasteiger partial charge in [-0.3, -0.25) is 4.99 Å². The molecule has 1 aliphatic carbocycles. The van der Waals surface area contributed by atoms with Gasteiger partial charge in [0.05, 0.1) is 22.8 Å². The van der Waals surface area contributed by atoms with Crippen LogP contribution in [0.5, 0.6) is 0 Å². The molecule has 0 radical (unpaired) electrons. The molecule has 0 amide bonds. The van der Waals surface area contributed by atoms with E-state index < -0.39 is 0 Å². The molecule has 0 bridgehead atoms. The molecule has 0 fully saturated rings. The zero-order valence-corrected chi connectivity index (χ0v) is 14.8. The van der Waals surface area contributed by atoms with E-state index in [9.17, 15) is 0 Å². The van der Waals surface area contributed by atoms with Crippen LogP contribution in [-0.2, 0) is 0 Å². The van der Waals surface area contributed by atoms with Crippen molar-refractivity contribution in [3.8, 4) is 0 Å². The molecule has 2 aliphatic rings. The van der Waals surface area contributed by atoms with E-state index in [0.29, 0.717) is 11.7 Å². The quantitative estimate of drug-likeness (QED) is 0.852. The van der Waals surface area contributed by atoms with Gasteiger partial charge in [-0.15, -0.1) is 0 Å². The molecule has 4 heteroatoms. The zero-order valence-electron chi connectivity index (χ0n) is 14.8. The summed E-state index contributed by atoms with van der Waals surface area (Å²) in [5.74, 6) is 0. The van der Waals surface area contributed by atoms with Crippen LogP contribution in [0.3, 0.4) is 0 Å². The number of nitrogens with zero attached hydrogens (tertiary/aromatic N) is 3. The monoisotopic (exact) mass is 322 g/mol. The maximum atomic E-state index is 6.17. The number of fused-ring (bicyclic) bond motifs is 1. The lowest BCUT2D eigenvalue weighted by molar-refractivity contribution is 0.704. The average molecular weight is 322 g/mol. The minimum atomic E-state index is 0.484. The predicted octanol–water partition coefficient (Wildman–Crippen LogP) is 4.01. The van der Waals surface area contributed by atoms with Gasteiger partial charge in [-0.25, -0.2) is 4.99 Å². The largest absolute Gasteiger partial charge is 0.397 e. The topological polar surface area (TPSA) is 54.0 Å². The van der Waals surface area contributed by atoms with Gasteiger partial charge in [0.15, 0.2) is 0 Å². The van der Waals surface area contributed by atoms with E-state index in [1.807, 2.05) is 6.08 Å². The first-order valence-electron chi connectivity index (χ1n) is 8.77. The molecular formula is C20H26N4. The van der Waals surface area contributed by atoms with Crippen LogP contribution in [0.1, 0.15) is 33.6 Å². The van der Waals surface area contributed by atoms with Crippen molar-refractivity contribution in [2.24, 2.45) is 15.7 Å². The Balaban J connectivity index is 1.85. The Hall–Kier alpha value is -2.36. The maximum absolute atomic E-state index is 6.17. The molecule has 0 saturated heterocycles. The van der Waals surface area contributed by atoms with Crippen molar-refractivity contribution in [3.05, 3.63) is 47.7 Å². The van der Waals surface area contributed by atoms with Gasteiger partial charge in [0.25, 0.3) is 0 Å². The van der Waals surface area contributed by atoms with Crippen LogP contribution < -0.4 is 10.6 Å². The molecular weight excluding hydrogens is 296 g/mol. The van der Waals surface area contributed by atoms with Crippen molar-refractivity contribution in [1.29, 1.82) is 0 Å². The normalized spacial score (nSPS) is 18.8. The van der Waals surface area contributed by atoms with Crippen LogP contribution in [0.2, 0.25) is 0 Å². The first-order valence-corrected chi connectivity index (χ1v) is 8.77. The minimum absolute atomic E-state index is 0.484. The molecule has 4 nitrogen and oxygen atoms in total. The Bertz CT molecular complexity index is 721. The number of aliphatic imine (C=N–C) groups is 2. The number of hydrogen-bond acceptors (Lipinski definition) is 4. The van der Waals surface area contributed by atoms with Gasteiger partial charge in [0.2, 0.25) is 0 Å². The van der Waals surface area contributed by atoms with Crippen LogP contribution >= 0.6 is 0 Å². The van der Waals surface area contributed by atoms with Gasteiger partial charge >= 0.3 is 0 Å². The summed E-state index contributed by atoms with van der Waals surface area (Å²) in [6, 6.07) is 8.86. The lowest BCUT2D eigenvalue weighted by atomic mass is 9.94. The summed E-state index contributed by atoms with van der Waals surface area (Å²) in [5, 5.41) is 0. The van der Waals surface area contributed by atoms with E-state index in [1.165, 1.54) is 11.3 Å². The molecule has 2 N–H and O–H groups in total. The summed E-state index contributed by atoms with van der Waals surface area (Å²) < 4.78 is 0. The van der Waals surface area contributed by atoms with Gasteiger partial charge in [0, 0.05) is 24.8 Å². The van der Waals surface area contributed by atoms with Crippen LogP contribution in [0, 0.1) is 0 Å². The highest BCUT2D eigenvalue weighted by Crippen LogP contribution is 2.24. The molecule has 0 spiro atoms. The number of hydrogen-bond donors (Lipinski definition) is 1. The van der Waals surface area contributed by atoms with Gasteiger partial charge in [-0.2, -0.15) is 0 Å². The van der Waals surface area contributed by atoms with E-state index >= 15 is 0 Å². The molecule has 1 aromatic rings. The second kappa shape index (κ2) is 7.04. The van der Waals surface area contributed by atoms with Gasteiger partial charge in [-0.05, 0) is 75.6 Å². The molecule has 0 aromatic heterocycles. The SMILES string of the molecule is CCN(c1ccc(N=C2C=C3CCCN=C3C=C2N)cc1)C(C)C. The third-order valence-corrected chi connectivity index (χ3v) is 4.51. The number of allylic oxidation sites excluding steroid dienone is 3. The highest BCUT2D eigenvalue weighted by Gasteiger charge is 2.17. The Labute approximate surface area is 144 Å². The lowest BCUT2D eigenvalue weighted by Crippen LogP contribution is -2.30. The fourth-order valence-corrected chi connectivity index (χ4v) is 3.25. The van der Waals surface area contributed by atoms with E-state index in [-0.39, 0.29) is 0 Å². The third kappa shape index (κ3) is 3.42. The molecule has 1 aliphatic heterocycles. The van der Waals surface area contributed by atoms with Crippen molar-refractivity contribution in [1.82, 2.24) is 0 Å². The lowest BCUT2D eigenvalue weighted by Gasteiger charge is -2.27. The van der Waals surface area contributed by atoms with E-state index in [4.69, 9.17) is 10.7 Å². The Kier molecular flexibility index (Phi) is 4.84. The third-order valence-electron chi connectivity index (χ3n) is 4.51. The fourth-order valence-electron chi connectivity index (χ4n) is 3.25. The van der Waals surface area contributed by atoms with Crippen LogP contribution in [0.4, 0.5) is 11.4 Å². The first-order chi connectivity index (χ1) is 11.6. The second-order valence-electron chi connectivity index (χ2n) is 6.53. The van der Waals surface area contributed by atoms with Crippen molar-refractivity contribution < 1.29 is 0 Å². The van der Waals surface area contributed by atoms with Crippen molar-refractivity contribution in [2.75, 3.05) is 18.0 Å². The summed E-state index contributed by atoms with van der Waals surface area (Å²) in [5.41, 5.74) is 12.1. The minimum Gasteiger partial charge on any atom is -0.397 e. The van der Waals surface area contributed by atoms with Crippen LogP contribution in [-0.4, -0.2) is 30.6 Å². The highest BCUT2D eigenvalue weighted by atomic mass is 15.1. The fraction of sp³-hybridized carbons (Fsp3) is 0.400. The van der Waals surface area contributed by atoms with Crippen molar-refractivity contribution in [2.45, 2.75) is 39.7 Å². The van der Waals surface area contributed by atoms with Crippen molar-refractivity contribution in [3.63, 3.8) is 0 Å². The first kappa shape index (κ1) is 16.5. The molecule has 126 valence electrons. The smallest absolute Gasteiger partial charge is 0.0870 e. The number of nitrogens with two attached hydrogens (primary N) is 1. The number of rotatable bonds is 4. The standard InChI is InChI=1S/C20H26N4/c1-4-24(14(2)3)17-9-7-16(8-10-17)23-20-12-15-6-5-11-22-19(15)13-18(20)21/h7-10,12-14H,4-6,11,21H2,1-3H3. The van der Waals surface area contributed by atoms with Gasteiger partial charge < -0.3 is 10.6 Å². The summed E-state index contributed by atoms with van der Waals surface area (Å²) in [4.78, 5) is 11.6. The Morgan fingerprint density at radius 3 is 2.62 bits per heavy atom. The molecule has 0 unspecified atom stereocenters. The zero-order chi connectivity index (χ0) is 17.1. The van der Waals surface area contributed by atoms with E-state index in [1.54, 1.807) is 0 Å². The molecule has 1 aromatic carbocycles. The molecule has 0 saturated carbocycles. The van der Waals surface area contributed by atoms with Gasteiger partial charge in [0.1, 0.15) is 0 Å². The molecule has 24 heavy (non-hydrogen) atoms. The highest BCUT2D eigenvalue weighted by molar-refractivity contribution is 6.24. The predicted molar refractivity (Wildman–Crippen MR) is 104 cm³/mol.